The molecule has 94 valence electrons. The van der Waals surface area contributed by atoms with E-state index in [-0.39, 0.29) is 5.84 Å². The van der Waals surface area contributed by atoms with Crippen molar-refractivity contribution in [1.82, 2.24) is 4.98 Å². The van der Waals surface area contributed by atoms with Gasteiger partial charge in [0.15, 0.2) is 0 Å². The minimum atomic E-state index is 0.0844. The lowest BCUT2D eigenvalue weighted by Gasteiger charge is -2.28. The number of rotatable bonds is 5. The molecule has 1 aromatic heterocycles. The van der Waals surface area contributed by atoms with E-state index in [0.29, 0.717) is 6.04 Å². The molecule has 1 aromatic rings. The van der Waals surface area contributed by atoms with E-state index in [0.717, 1.165) is 29.8 Å². The number of nitrogens with two attached hydrogens (primary N) is 1. The van der Waals surface area contributed by atoms with Crippen LogP contribution in [0, 0.1) is 12.3 Å². The molecule has 0 fully saturated rings. The van der Waals surface area contributed by atoms with E-state index in [1.807, 2.05) is 20.0 Å². The van der Waals surface area contributed by atoms with Gasteiger partial charge in [-0.1, -0.05) is 13.3 Å². The Hall–Kier alpha value is -1.58. The summed E-state index contributed by atoms with van der Waals surface area (Å²) in [6.07, 6.45) is 4.00. The van der Waals surface area contributed by atoms with Crippen molar-refractivity contribution in [3.8, 4) is 0 Å². The molecular formula is C13H22N4. The fraction of sp³-hybridized carbons (Fsp3) is 0.538. The van der Waals surface area contributed by atoms with Gasteiger partial charge in [-0.05, 0) is 31.9 Å². The van der Waals surface area contributed by atoms with Crippen LogP contribution in [-0.2, 0) is 0 Å². The average molecular weight is 234 g/mol. The number of pyridine rings is 1. The zero-order chi connectivity index (χ0) is 13.0. The fourth-order valence-electron chi connectivity index (χ4n) is 1.96. The van der Waals surface area contributed by atoms with Gasteiger partial charge in [0.2, 0.25) is 0 Å². The average Bonchev–Trinajstić information content (AvgIpc) is 2.27. The van der Waals surface area contributed by atoms with Gasteiger partial charge >= 0.3 is 0 Å². The Labute approximate surface area is 103 Å². The van der Waals surface area contributed by atoms with Gasteiger partial charge in [0.25, 0.3) is 0 Å². The fourth-order valence-corrected chi connectivity index (χ4v) is 1.96. The highest BCUT2D eigenvalue weighted by atomic mass is 15.2. The number of aromatic nitrogens is 1. The van der Waals surface area contributed by atoms with Crippen molar-refractivity contribution in [2.24, 2.45) is 5.73 Å². The topological polar surface area (TPSA) is 66.0 Å². The molecule has 1 unspecified atom stereocenters. The first-order valence-electron chi connectivity index (χ1n) is 6.01. The minimum Gasteiger partial charge on any atom is -0.384 e. The summed E-state index contributed by atoms with van der Waals surface area (Å²) in [6.45, 7) is 6.29. The first kappa shape index (κ1) is 13.5. The Morgan fingerprint density at radius 3 is 2.76 bits per heavy atom. The maximum Gasteiger partial charge on any atom is 0.139 e. The lowest BCUT2D eigenvalue weighted by molar-refractivity contribution is 0.611. The Balaban J connectivity index is 3.13. The molecule has 4 nitrogen and oxygen atoms in total. The van der Waals surface area contributed by atoms with Crippen LogP contribution < -0.4 is 10.6 Å². The summed E-state index contributed by atoms with van der Waals surface area (Å²) in [4.78, 5) is 6.47. The Bertz CT molecular complexity index is 400. The summed E-state index contributed by atoms with van der Waals surface area (Å²) in [5.41, 5.74) is 7.39. The SMILES string of the molecule is CCCC(C)N(C)c1nccc(C)c1C(=N)N. The molecule has 0 aliphatic heterocycles. The Kier molecular flexibility index (Phi) is 4.49. The van der Waals surface area contributed by atoms with Crippen LogP contribution in [-0.4, -0.2) is 23.9 Å². The van der Waals surface area contributed by atoms with Crippen molar-refractivity contribution in [3.05, 3.63) is 23.4 Å². The lowest BCUT2D eigenvalue weighted by Crippen LogP contribution is -2.32. The first-order chi connectivity index (χ1) is 7.99. The zero-order valence-corrected chi connectivity index (χ0v) is 11.1. The van der Waals surface area contributed by atoms with Crippen molar-refractivity contribution >= 4 is 11.7 Å². The third-order valence-corrected chi connectivity index (χ3v) is 3.11. The molecule has 0 aromatic carbocycles. The second-order valence-corrected chi connectivity index (χ2v) is 4.49. The molecule has 1 heterocycles. The van der Waals surface area contributed by atoms with Gasteiger partial charge in [-0.25, -0.2) is 4.98 Å². The Morgan fingerprint density at radius 1 is 1.59 bits per heavy atom. The third-order valence-electron chi connectivity index (χ3n) is 3.11. The van der Waals surface area contributed by atoms with E-state index in [1.54, 1.807) is 6.20 Å². The Morgan fingerprint density at radius 2 is 2.24 bits per heavy atom. The summed E-state index contributed by atoms with van der Waals surface area (Å²) < 4.78 is 0. The second-order valence-electron chi connectivity index (χ2n) is 4.49. The molecule has 0 saturated heterocycles. The van der Waals surface area contributed by atoms with Crippen LogP contribution in [0.4, 0.5) is 5.82 Å². The van der Waals surface area contributed by atoms with E-state index < -0.39 is 0 Å². The van der Waals surface area contributed by atoms with Crippen molar-refractivity contribution in [2.75, 3.05) is 11.9 Å². The summed E-state index contributed by atoms with van der Waals surface area (Å²) in [5, 5.41) is 7.66. The van der Waals surface area contributed by atoms with Crippen molar-refractivity contribution in [2.45, 2.75) is 39.7 Å². The maximum absolute atomic E-state index is 7.66. The van der Waals surface area contributed by atoms with Crippen molar-refractivity contribution in [1.29, 1.82) is 5.41 Å². The largest absolute Gasteiger partial charge is 0.384 e. The highest BCUT2D eigenvalue weighted by Crippen LogP contribution is 2.22. The van der Waals surface area contributed by atoms with Crippen molar-refractivity contribution < 1.29 is 0 Å². The van der Waals surface area contributed by atoms with E-state index >= 15 is 0 Å². The number of nitrogens with one attached hydrogen (secondary N) is 1. The number of aryl methyl sites for hydroxylation is 1. The number of nitrogens with zero attached hydrogens (tertiary/aromatic N) is 2. The number of hydrogen-bond donors (Lipinski definition) is 2. The molecular weight excluding hydrogens is 212 g/mol. The molecule has 0 spiro atoms. The third kappa shape index (κ3) is 2.96. The molecule has 17 heavy (non-hydrogen) atoms. The van der Waals surface area contributed by atoms with Crippen LogP contribution in [0.2, 0.25) is 0 Å². The molecule has 0 bridgehead atoms. The molecule has 4 heteroatoms. The number of nitrogen functional groups attached to an aromatic ring is 1. The standard InChI is InChI=1S/C13H22N4/c1-5-6-10(3)17(4)13-11(12(14)15)9(2)7-8-16-13/h7-8,10H,5-6H2,1-4H3,(H3,14,15). The van der Waals surface area contributed by atoms with Gasteiger partial charge in [-0.3, -0.25) is 5.41 Å². The molecule has 0 radical (unpaired) electrons. The summed E-state index contributed by atoms with van der Waals surface area (Å²) in [6, 6.07) is 2.28. The van der Waals surface area contributed by atoms with Gasteiger partial charge < -0.3 is 10.6 Å². The molecule has 0 amide bonds. The van der Waals surface area contributed by atoms with Crippen LogP contribution >= 0.6 is 0 Å². The summed E-state index contributed by atoms with van der Waals surface area (Å²) in [7, 11) is 2.01. The van der Waals surface area contributed by atoms with Gasteiger partial charge in [-0.15, -0.1) is 0 Å². The van der Waals surface area contributed by atoms with Crippen LogP contribution in [0.1, 0.15) is 37.8 Å². The summed E-state index contributed by atoms with van der Waals surface area (Å²) >= 11 is 0. The molecule has 1 atom stereocenters. The lowest BCUT2D eigenvalue weighted by atomic mass is 10.1. The predicted octanol–water partition coefficient (Wildman–Crippen LogP) is 2.30. The van der Waals surface area contributed by atoms with Gasteiger partial charge in [0.1, 0.15) is 11.7 Å². The highest BCUT2D eigenvalue weighted by molar-refractivity contribution is 6.00. The van der Waals surface area contributed by atoms with Crippen LogP contribution in [0.15, 0.2) is 12.3 Å². The van der Waals surface area contributed by atoms with Crippen LogP contribution in [0.3, 0.4) is 0 Å². The van der Waals surface area contributed by atoms with Crippen LogP contribution in [0.25, 0.3) is 0 Å². The number of hydrogen-bond acceptors (Lipinski definition) is 3. The first-order valence-corrected chi connectivity index (χ1v) is 6.01. The quantitative estimate of drug-likeness (QED) is 0.607. The van der Waals surface area contributed by atoms with Gasteiger partial charge in [-0.2, -0.15) is 0 Å². The van der Waals surface area contributed by atoms with Gasteiger partial charge in [0, 0.05) is 19.3 Å². The van der Waals surface area contributed by atoms with Crippen molar-refractivity contribution in [3.63, 3.8) is 0 Å². The predicted molar refractivity (Wildman–Crippen MR) is 72.8 cm³/mol. The molecule has 3 N–H and O–H groups in total. The molecule has 0 aliphatic rings. The van der Waals surface area contributed by atoms with Crippen LogP contribution in [0.5, 0.6) is 0 Å². The second kappa shape index (κ2) is 5.66. The maximum atomic E-state index is 7.66. The van der Waals surface area contributed by atoms with E-state index in [2.05, 4.69) is 23.7 Å². The molecule has 0 aliphatic carbocycles. The molecule has 0 saturated carbocycles. The zero-order valence-electron chi connectivity index (χ0n) is 11.1. The van der Waals surface area contributed by atoms with E-state index in [9.17, 15) is 0 Å². The monoisotopic (exact) mass is 234 g/mol. The van der Waals surface area contributed by atoms with E-state index in [1.165, 1.54) is 0 Å². The van der Waals surface area contributed by atoms with E-state index in [4.69, 9.17) is 11.1 Å². The smallest absolute Gasteiger partial charge is 0.139 e. The molecule has 1 rings (SSSR count). The van der Waals surface area contributed by atoms with Gasteiger partial charge in [0.05, 0.1) is 5.56 Å². The highest BCUT2D eigenvalue weighted by Gasteiger charge is 2.17. The number of amidine groups is 1. The number of anilines is 1. The normalized spacial score (nSPS) is 12.2. The minimum absolute atomic E-state index is 0.0844. The summed E-state index contributed by atoms with van der Waals surface area (Å²) in [5.74, 6) is 0.889.